The van der Waals surface area contributed by atoms with Crippen LogP contribution in [0.5, 0.6) is 0 Å². The Bertz CT molecular complexity index is 424. The third-order valence-corrected chi connectivity index (χ3v) is 4.53. The van der Waals surface area contributed by atoms with Crippen molar-refractivity contribution in [2.24, 2.45) is 0 Å². The van der Waals surface area contributed by atoms with E-state index in [9.17, 15) is 13.9 Å². The Morgan fingerprint density at radius 1 is 1.26 bits per heavy atom. The highest BCUT2D eigenvalue weighted by atomic mass is 32.2. The summed E-state index contributed by atoms with van der Waals surface area (Å²) in [4.78, 5) is 0. The highest BCUT2D eigenvalue weighted by Gasteiger charge is 2.22. The molecule has 2 rings (SSSR count). The van der Waals surface area contributed by atoms with Gasteiger partial charge in [0, 0.05) is 12.1 Å². The molecule has 1 aliphatic heterocycles. The van der Waals surface area contributed by atoms with Gasteiger partial charge in [0.15, 0.2) is 11.6 Å². The second kappa shape index (κ2) is 6.68. The molecule has 1 saturated heterocycles. The van der Waals surface area contributed by atoms with Crippen molar-refractivity contribution in [2.45, 2.75) is 38.0 Å². The number of nitrogens with one attached hydrogen (secondary N) is 1. The Kier molecular flexibility index (Phi) is 5.19. The Balaban J connectivity index is 1.97. The van der Waals surface area contributed by atoms with Crippen molar-refractivity contribution in [1.82, 2.24) is 5.32 Å². The van der Waals surface area contributed by atoms with E-state index >= 15 is 0 Å². The van der Waals surface area contributed by atoms with Gasteiger partial charge in [-0.3, -0.25) is 0 Å². The van der Waals surface area contributed by atoms with Crippen LogP contribution in [-0.2, 0) is 0 Å². The minimum Gasteiger partial charge on any atom is -0.387 e. The molecule has 1 fully saturated rings. The van der Waals surface area contributed by atoms with Crippen LogP contribution in [0.2, 0.25) is 0 Å². The van der Waals surface area contributed by atoms with Crippen molar-refractivity contribution in [3.63, 3.8) is 0 Å². The molecule has 0 bridgehead atoms. The minimum atomic E-state index is -0.919. The van der Waals surface area contributed by atoms with E-state index in [2.05, 4.69) is 5.32 Å². The van der Waals surface area contributed by atoms with Gasteiger partial charge >= 0.3 is 0 Å². The number of benzene rings is 1. The first kappa shape index (κ1) is 14.8. The van der Waals surface area contributed by atoms with Gasteiger partial charge in [-0.2, -0.15) is 11.8 Å². The SMILES string of the molecule is CC(NC1CCSCC1)C(O)c1ccc(F)c(F)c1. The summed E-state index contributed by atoms with van der Waals surface area (Å²) in [6, 6.07) is 3.76. The predicted molar refractivity (Wildman–Crippen MR) is 74.3 cm³/mol. The van der Waals surface area contributed by atoms with Crippen LogP contribution in [0.25, 0.3) is 0 Å². The molecule has 0 radical (unpaired) electrons. The summed E-state index contributed by atoms with van der Waals surface area (Å²) in [5.74, 6) is 0.454. The average molecular weight is 287 g/mol. The van der Waals surface area contributed by atoms with Gasteiger partial charge in [0.2, 0.25) is 0 Å². The van der Waals surface area contributed by atoms with Gasteiger partial charge in [0.25, 0.3) is 0 Å². The Hall–Kier alpha value is -0.650. The lowest BCUT2D eigenvalue weighted by Gasteiger charge is -2.29. The minimum absolute atomic E-state index is 0.182. The lowest BCUT2D eigenvalue weighted by atomic mass is 10.0. The van der Waals surface area contributed by atoms with E-state index in [0.717, 1.165) is 36.5 Å². The van der Waals surface area contributed by atoms with E-state index in [1.165, 1.54) is 6.07 Å². The first-order valence-corrected chi connectivity index (χ1v) is 7.70. The second-order valence-corrected chi connectivity index (χ2v) is 6.19. The molecule has 0 amide bonds. The smallest absolute Gasteiger partial charge is 0.159 e. The molecular formula is C14H19F2NOS. The quantitative estimate of drug-likeness (QED) is 0.893. The van der Waals surface area contributed by atoms with Crippen LogP contribution in [0.1, 0.15) is 31.4 Å². The van der Waals surface area contributed by atoms with Crippen LogP contribution in [-0.4, -0.2) is 28.7 Å². The lowest BCUT2D eigenvalue weighted by molar-refractivity contribution is 0.128. The molecule has 5 heteroatoms. The number of rotatable bonds is 4. The van der Waals surface area contributed by atoms with Crippen molar-refractivity contribution < 1.29 is 13.9 Å². The molecule has 2 N–H and O–H groups in total. The molecule has 2 atom stereocenters. The zero-order valence-electron chi connectivity index (χ0n) is 10.9. The van der Waals surface area contributed by atoms with Crippen molar-refractivity contribution in [3.05, 3.63) is 35.4 Å². The molecule has 0 saturated carbocycles. The lowest BCUT2D eigenvalue weighted by Crippen LogP contribution is -2.41. The first-order chi connectivity index (χ1) is 9.08. The Morgan fingerprint density at radius 2 is 1.95 bits per heavy atom. The largest absolute Gasteiger partial charge is 0.387 e. The van der Waals surface area contributed by atoms with E-state index in [1.54, 1.807) is 0 Å². The van der Waals surface area contributed by atoms with Gasteiger partial charge < -0.3 is 10.4 Å². The van der Waals surface area contributed by atoms with Crippen LogP contribution in [0, 0.1) is 11.6 Å². The van der Waals surface area contributed by atoms with Gasteiger partial charge in [0.1, 0.15) is 0 Å². The summed E-state index contributed by atoms with van der Waals surface area (Å²) in [5.41, 5.74) is 0.407. The number of aliphatic hydroxyl groups excluding tert-OH is 1. The molecule has 1 heterocycles. The number of hydrogen-bond donors (Lipinski definition) is 2. The molecule has 2 unspecified atom stereocenters. The standard InChI is InChI=1S/C14H19F2NOS/c1-9(17-11-4-6-19-7-5-11)14(18)10-2-3-12(15)13(16)8-10/h2-3,8-9,11,14,17-18H,4-7H2,1H3. The molecule has 2 nitrogen and oxygen atoms in total. The maximum atomic E-state index is 13.2. The van der Waals surface area contributed by atoms with Crippen LogP contribution < -0.4 is 5.32 Å². The Morgan fingerprint density at radius 3 is 2.58 bits per heavy atom. The molecule has 106 valence electrons. The van der Waals surface area contributed by atoms with E-state index in [-0.39, 0.29) is 6.04 Å². The van der Waals surface area contributed by atoms with Gasteiger partial charge in [0.05, 0.1) is 6.10 Å². The number of aliphatic hydroxyl groups is 1. The van der Waals surface area contributed by atoms with Gasteiger partial charge in [-0.05, 0) is 49.0 Å². The fourth-order valence-corrected chi connectivity index (χ4v) is 3.42. The topological polar surface area (TPSA) is 32.3 Å². The Labute approximate surface area is 116 Å². The summed E-state index contributed by atoms with van der Waals surface area (Å²) in [7, 11) is 0. The van der Waals surface area contributed by atoms with Gasteiger partial charge in [-0.1, -0.05) is 6.07 Å². The normalized spacial score (nSPS) is 20.2. The van der Waals surface area contributed by atoms with Crippen LogP contribution in [0.15, 0.2) is 18.2 Å². The monoisotopic (exact) mass is 287 g/mol. The zero-order valence-corrected chi connectivity index (χ0v) is 11.7. The molecule has 1 aromatic carbocycles. The van der Waals surface area contributed by atoms with Crippen molar-refractivity contribution in [3.8, 4) is 0 Å². The van der Waals surface area contributed by atoms with E-state index in [1.807, 2.05) is 18.7 Å². The maximum Gasteiger partial charge on any atom is 0.159 e. The van der Waals surface area contributed by atoms with Crippen molar-refractivity contribution >= 4 is 11.8 Å². The summed E-state index contributed by atoms with van der Waals surface area (Å²) < 4.78 is 26.0. The van der Waals surface area contributed by atoms with Crippen LogP contribution in [0.3, 0.4) is 0 Å². The summed E-state index contributed by atoms with van der Waals surface area (Å²) in [6.45, 7) is 1.87. The second-order valence-electron chi connectivity index (χ2n) is 4.96. The predicted octanol–water partition coefficient (Wildman–Crippen LogP) is 2.87. The molecule has 0 spiro atoms. The summed E-state index contributed by atoms with van der Waals surface area (Å²) in [6.07, 6.45) is 1.34. The number of halogens is 2. The third-order valence-electron chi connectivity index (χ3n) is 3.48. The third kappa shape index (κ3) is 3.91. The average Bonchev–Trinajstić information content (AvgIpc) is 2.42. The molecule has 0 aromatic heterocycles. The number of thioether (sulfide) groups is 1. The van der Waals surface area contributed by atoms with Gasteiger partial charge in [-0.25, -0.2) is 8.78 Å². The van der Waals surface area contributed by atoms with Crippen molar-refractivity contribution in [1.29, 1.82) is 0 Å². The van der Waals surface area contributed by atoms with Crippen LogP contribution in [0.4, 0.5) is 8.78 Å². The summed E-state index contributed by atoms with van der Waals surface area (Å²) in [5, 5.41) is 13.5. The maximum absolute atomic E-state index is 13.2. The summed E-state index contributed by atoms with van der Waals surface area (Å²) >= 11 is 1.94. The van der Waals surface area contributed by atoms with Gasteiger partial charge in [-0.15, -0.1) is 0 Å². The number of hydrogen-bond acceptors (Lipinski definition) is 3. The fourth-order valence-electron chi connectivity index (χ4n) is 2.31. The van der Waals surface area contributed by atoms with E-state index in [4.69, 9.17) is 0 Å². The molecular weight excluding hydrogens is 268 g/mol. The highest BCUT2D eigenvalue weighted by molar-refractivity contribution is 7.99. The molecule has 1 aromatic rings. The first-order valence-electron chi connectivity index (χ1n) is 6.54. The molecule has 19 heavy (non-hydrogen) atoms. The fraction of sp³-hybridized carbons (Fsp3) is 0.571. The highest BCUT2D eigenvalue weighted by Crippen LogP contribution is 2.22. The molecule has 1 aliphatic rings. The van der Waals surface area contributed by atoms with Crippen molar-refractivity contribution in [2.75, 3.05) is 11.5 Å². The van der Waals surface area contributed by atoms with Crippen LogP contribution >= 0.6 is 11.8 Å². The zero-order chi connectivity index (χ0) is 13.8. The molecule has 0 aliphatic carbocycles. The van der Waals surface area contributed by atoms with E-state index < -0.39 is 17.7 Å². The van der Waals surface area contributed by atoms with E-state index in [0.29, 0.717) is 11.6 Å².